The normalized spacial score (nSPS) is 14.3. The molecule has 2 amide bonds. The monoisotopic (exact) mass is 391 g/mol. The fraction of sp³-hybridized carbons (Fsp3) is 0.130. The number of imide groups is 1. The lowest BCUT2D eigenvalue weighted by Gasteiger charge is -2.17. The Balaban J connectivity index is 1.72. The van der Waals surface area contributed by atoms with Gasteiger partial charge in [-0.15, -0.1) is 0 Å². The van der Waals surface area contributed by atoms with Crippen LogP contribution in [0.2, 0.25) is 0 Å². The largest absolute Gasteiger partial charge is 0.494 e. The minimum absolute atomic E-state index is 0.0693. The number of halogens is 1. The molecule has 0 fully saturated rings. The highest BCUT2D eigenvalue weighted by Gasteiger charge is 2.39. The molecule has 4 rings (SSSR count). The Labute approximate surface area is 168 Å². The van der Waals surface area contributed by atoms with Gasteiger partial charge in [-0.3, -0.25) is 9.59 Å². The molecular formula is C23H18ClNO3. The van der Waals surface area contributed by atoms with Gasteiger partial charge in [-0.1, -0.05) is 67.1 Å². The number of rotatable bonds is 5. The number of hydrogen-bond donors (Lipinski definition) is 0. The fourth-order valence-electron chi connectivity index (χ4n) is 3.31. The number of carbonyl (C=O) groups is 2. The maximum atomic E-state index is 13.2. The van der Waals surface area contributed by atoms with E-state index in [9.17, 15) is 9.59 Å². The molecule has 140 valence electrons. The second-order valence-electron chi connectivity index (χ2n) is 6.51. The summed E-state index contributed by atoms with van der Waals surface area (Å²) in [6, 6.07) is 20.2. The van der Waals surface area contributed by atoms with Crippen LogP contribution in [-0.2, 0) is 9.59 Å². The number of nitrogens with zero attached hydrogens (tertiary/aromatic N) is 1. The molecule has 0 radical (unpaired) electrons. The van der Waals surface area contributed by atoms with Crippen LogP contribution in [0.15, 0.2) is 71.8 Å². The van der Waals surface area contributed by atoms with Crippen molar-refractivity contribution in [3.63, 3.8) is 0 Å². The van der Waals surface area contributed by atoms with Crippen LogP contribution in [0.1, 0.15) is 18.9 Å². The molecule has 0 aromatic heterocycles. The lowest BCUT2D eigenvalue weighted by atomic mass is 10.1. The Morgan fingerprint density at radius 3 is 2.36 bits per heavy atom. The quantitative estimate of drug-likeness (QED) is 0.565. The van der Waals surface area contributed by atoms with Gasteiger partial charge in [0.2, 0.25) is 0 Å². The predicted molar refractivity (Wildman–Crippen MR) is 111 cm³/mol. The van der Waals surface area contributed by atoms with Crippen LogP contribution in [0.25, 0.3) is 16.3 Å². The summed E-state index contributed by atoms with van der Waals surface area (Å²) in [6.07, 6.45) is 0.908. The average molecular weight is 392 g/mol. The number of fused-ring (bicyclic) bond motifs is 1. The van der Waals surface area contributed by atoms with E-state index in [1.54, 1.807) is 30.3 Å². The number of ether oxygens (including phenoxy) is 1. The van der Waals surface area contributed by atoms with Gasteiger partial charge >= 0.3 is 0 Å². The van der Waals surface area contributed by atoms with Crippen molar-refractivity contribution in [1.82, 2.24) is 0 Å². The molecule has 3 aromatic carbocycles. The van der Waals surface area contributed by atoms with E-state index in [1.807, 2.05) is 43.3 Å². The third-order valence-corrected chi connectivity index (χ3v) is 5.00. The summed E-state index contributed by atoms with van der Waals surface area (Å²) in [6.45, 7) is 2.65. The summed E-state index contributed by atoms with van der Waals surface area (Å²) in [5.41, 5.74) is 1.33. The van der Waals surface area contributed by atoms with Crippen molar-refractivity contribution in [2.75, 3.05) is 11.5 Å². The molecule has 0 saturated carbocycles. The van der Waals surface area contributed by atoms with Gasteiger partial charge in [0.1, 0.15) is 10.8 Å². The first-order valence-electron chi connectivity index (χ1n) is 9.11. The number of amides is 2. The van der Waals surface area contributed by atoms with E-state index in [2.05, 4.69) is 0 Å². The fourth-order valence-corrected chi connectivity index (χ4v) is 3.59. The van der Waals surface area contributed by atoms with Gasteiger partial charge in [0.25, 0.3) is 11.8 Å². The molecule has 3 aromatic rings. The van der Waals surface area contributed by atoms with Crippen molar-refractivity contribution in [1.29, 1.82) is 0 Å². The van der Waals surface area contributed by atoms with Gasteiger partial charge in [-0.05, 0) is 35.6 Å². The van der Waals surface area contributed by atoms with E-state index in [4.69, 9.17) is 16.3 Å². The van der Waals surface area contributed by atoms with Crippen LogP contribution in [0.3, 0.4) is 0 Å². The van der Waals surface area contributed by atoms with Crippen LogP contribution in [0.5, 0.6) is 5.75 Å². The van der Waals surface area contributed by atoms with Gasteiger partial charge in [0.05, 0.1) is 17.9 Å². The molecule has 0 bridgehead atoms. The molecule has 0 unspecified atom stereocenters. The third kappa shape index (κ3) is 3.06. The standard InChI is InChI=1S/C23H18ClNO3/c1-2-14-28-17-12-10-16(11-13-17)20-21(24)23(27)25(22(20)26)19-9-5-7-15-6-3-4-8-18(15)19/h3-13H,2,14H2,1H3. The summed E-state index contributed by atoms with van der Waals surface area (Å²) in [7, 11) is 0. The number of benzene rings is 3. The van der Waals surface area contributed by atoms with Crippen LogP contribution >= 0.6 is 11.6 Å². The highest BCUT2D eigenvalue weighted by molar-refractivity contribution is 6.60. The Morgan fingerprint density at radius 1 is 0.893 bits per heavy atom. The van der Waals surface area contributed by atoms with E-state index in [1.165, 1.54) is 0 Å². The highest BCUT2D eigenvalue weighted by atomic mass is 35.5. The summed E-state index contributed by atoms with van der Waals surface area (Å²) >= 11 is 6.31. The van der Waals surface area contributed by atoms with Crippen molar-refractivity contribution < 1.29 is 14.3 Å². The first-order chi connectivity index (χ1) is 13.6. The Morgan fingerprint density at radius 2 is 1.61 bits per heavy atom. The van der Waals surface area contributed by atoms with E-state index < -0.39 is 11.8 Å². The van der Waals surface area contributed by atoms with Crippen LogP contribution in [0, 0.1) is 0 Å². The van der Waals surface area contributed by atoms with Gasteiger partial charge in [0, 0.05) is 5.39 Å². The minimum atomic E-state index is -0.510. The van der Waals surface area contributed by atoms with Crippen LogP contribution in [0.4, 0.5) is 5.69 Å². The lowest BCUT2D eigenvalue weighted by molar-refractivity contribution is -0.119. The van der Waals surface area contributed by atoms with Crippen molar-refractivity contribution in [3.8, 4) is 5.75 Å². The Kier molecular flexibility index (Phi) is 4.88. The van der Waals surface area contributed by atoms with Gasteiger partial charge in [0.15, 0.2) is 0 Å². The Hall–Kier alpha value is -3.11. The van der Waals surface area contributed by atoms with Crippen LogP contribution < -0.4 is 9.64 Å². The van der Waals surface area contributed by atoms with Crippen molar-refractivity contribution in [3.05, 3.63) is 77.3 Å². The second-order valence-corrected chi connectivity index (χ2v) is 6.88. The molecule has 28 heavy (non-hydrogen) atoms. The molecule has 1 aliphatic heterocycles. The van der Waals surface area contributed by atoms with Gasteiger partial charge < -0.3 is 4.74 Å². The van der Waals surface area contributed by atoms with E-state index >= 15 is 0 Å². The topological polar surface area (TPSA) is 46.6 Å². The molecule has 0 atom stereocenters. The smallest absolute Gasteiger partial charge is 0.277 e. The van der Waals surface area contributed by atoms with E-state index in [-0.39, 0.29) is 10.6 Å². The number of anilines is 1. The SMILES string of the molecule is CCCOc1ccc(C2=C(Cl)C(=O)N(c3cccc4ccccc34)C2=O)cc1. The summed E-state index contributed by atoms with van der Waals surface area (Å²) in [4.78, 5) is 27.2. The number of carbonyl (C=O) groups excluding carboxylic acids is 2. The minimum Gasteiger partial charge on any atom is -0.494 e. The predicted octanol–water partition coefficient (Wildman–Crippen LogP) is 5.15. The van der Waals surface area contributed by atoms with Crippen molar-refractivity contribution >= 4 is 45.4 Å². The van der Waals surface area contributed by atoms with Gasteiger partial charge in [-0.25, -0.2) is 4.90 Å². The molecule has 1 heterocycles. The molecule has 5 heteroatoms. The van der Waals surface area contributed by atoms with Crippen molar-refractivity contribution in [2.24, 2.45) is 0 Å². The second kappa shape index (κ2) is 7.49. The highest BCUT2D eigenvalue weighted by Crippen LogP contribution is 2.38. The van der Waals surface area contributed by atoms with Gasteiger partial charge in [-0.2, -0.15) is 0 Å². The molecule has 1 aliphatic rings. The lowest BCUT2D eigenvalue weighted by Crippen LogP contribution is -2.31. The maximum absolute atomic E-state index is 13.2. The molecule has 0 aliphatic carbocycles. The summed E-state index contributed by atoms with van der Waals surface area (Å²) in [5.74, 6) is -0.220. The molecular weight excluding hydrogens is 374 g/mol. The van der Waals surface area contributed by atoms with Crippen molar-refractivity contribution in [2.45, 2.75) is 13.3 Å². The zero-order valence-corrected chi connectivity index (χ0v) is 16.1. The molecule has 4 nitrogen and oxygen atoms in total. The molecule has 0 saturated heterocycles. The first kappa shape index (κ1) is 18.3. The zero-order chi connectivity index (χ0) is 19.7. The van der Waals surface area contributed by atoms with Crippen LogP contribution in [-0.4, -0.2) is 18.4 Å². The first-order valence-corrected chi connectivity index (χ1v) is 9.49. The summed E-state index contributed by atoms with van der Waals surface area (Å²) < 4.78 is 5.57. The average Bonchev–Trinajstić information content (AvgIpc) is 2.95. The molecule has 0 N–H and O–H groups in total. The zero-order valence-electron chi connectivity index (χ0n) is 15.3. The Bertz CT molecular complexity index is 1100. The van der Waals surface area contributed by atoms with E-state index in [0.717, 1.165) is 22.1 Å². The molecule has 0 spiro atoms. The maximum Gasteiger partial charge on any atom is 0.277 e. The van der Waals surface area contributed by atoms with E-state index in [0.29, 0.717) is 23.6 Å². The summed E-state index contributed by atoms with van der Waals surface area (Å²) in [5, 5.41) is 1.70. The number of hydrogen-bond acceptors (Lipinski definition) is 3. The third-order valence-electron chi connectivity index (χ3n) is 4.65.